The molecular formula is C16H18N2O2. The maximum absolute atomic E-state index is 10.9. The molecule has 2 heterocycles. The number of nitrogens with zero attached hydrogens (tertiary/aromatic N) is 2. The second kappa shape index (κ2) is 6.30. The van der Waals surface area contributed by atoms with Crippen LogP contribution in [0.5, 0.6) is 0 Å². The zero-order valence-corrected chi connectivity index (χ0v) is 11.4. The summed E-state index contributed by atoms with van der Waals surface area (Å²) >= 11 is 0. The summed E-state index contributed by atoms with van der Waals surface area (Å²) in [5.74, 6) is -0.974. The third kappa shape index (κ3) is 3.22. The standard InChI is InChI=1S/C16H18N2O2/c1-3-5-12(4-2)10-18-9-8-14-13(11-18)6-7-15(17-14)16(19)20/h3-7H,1-2,8-11H2,(H,19,20)/b12-5+. The first-order valence-corrected chi connectivity index (χ1v) is 6.52. The van der Waals surface area contributed by atoms with Gasteiger partial charge < -0.3 is 5.11 Å². The molecule has 0 saturated carbocycles. The normalized spacial score (nSPS) is 15.5. The average molecular weight is 270 g/mol. The first kappa shape index (κ1) is 14.2. The molecular weight excluding hydrogens is 252 g/mol. The van der Waals surface area contributed by atoms with Crippen molar-refractivity contribution in [3.05, 3.63) is 66.0 Å². The van der Waals surface area contributed by atoms with Gasteiger partial charge in [0.05, 0.1) is 0 Å². The number of hydrogen-bond donors (Lipinski definition) is 1. The summed E-state index contributed by atoms with van der Waals surface area (Å²) in [6.45, 7) is 9.96. The minimum Gasteiger partial charge on any atom is -0.477 e. The van der Waals surface area contributed by atoms with Gasteiger partial charge >= 0.3 is 5.97 Å². The van der Waals surface area contributed by atoms with Gasteiger partial charge in [-0.25, -0.2) is 9.78 Å². The summed E-state index contributed by atoms with van der Waals surface area (Å²) in [5, 5.41) is 8.95. The van der Waals surface area contributed by atoms with Crippen molar-refractivity contribution in [2.24, 2.45) is 0 Å². The van der Waals surface area contributed by atoms with Gasteiger partial charge in [0.25, 0.3) is 0 Å². The highest BCUT2D eigenvalue weighted by Crippen LogP contribution is 2.19. The van der Waals surface area contributed by atoms with Crippen LogP contribution in [0, 0.1) is 0 Å². The molecule has 1 aliphatic heterocycles. The van der Waals surface area contributed by atoms with E-state index in [9.17, 15) is 4.79 Å². The maximum Gasteiger partial charge on any atom is 0.354 e. The fourth-order valence-corrected chi connectivity index (χ4v) is 2.32. The number of aromatic carboxylic acids is 1. The van der Waals surface area contributed by atoms with Gasteiger partial charge in [-0.3, -0.25) is 4.90 Å². The van der Waals surface area contributed by atoms with Crippen molar-refractivity contribution in [2.75, 3.05) is 13.1 Å². The molecule has 2 rings (SSSR count). The van der Waals surface area contributed by atoms with E-state index in [0.717, 1.165) is 42.9 Å². The zero-order valence-electron chi connectivity index (χ0n) is 11.4. The summed E-state index contributed by atoms with van der Waals surface area (Å²) in [7, 11) is 0. The zero-order chi connectivity index (χ0) is 14.5. The van der Waals surface area contributed by atoms with Gasteiger partial charge in [-0.05, 0) is 17.2 Å². The Bertz CT molecular complexity index is 576. The molecule has 0 aromatic carbocycles. The van der Waals surface area contributed by atoms with Gasteiger partial charge in [0.2, 0.25) is 0 Å². The molecule has 0 aliphatic carbocycles. The van der Waals surface area contributed by atoms with Crippen molar-refractivity contribution in [1.82, 2.24) is 9.88 Å². The van der Waals surface area contributed by atoms with Crippen molar-refractivity contribution in [3.63, 3.8) is 0 Å². The Morgan fingerprint density at radius 3 is 2.90 bits per heavy atom. The molecule has 4 nitrogen and oxygen atoms in total. The number of carboxylic acid groups (broad SMARTS) is 1. The lowest BCUT2D eigenvalue weighted by atomic mass is 10.0. The van der Waals surface area contributed by atoms with E-state index in [4.69, 9.17) is 5.11 Å². The minimum atomic E-state index is -0.974. The second-order valence-corrected chi connectivity index (χ2v) is 4.75. The van der Waals surface area contributed by atoms with Crippen LogP contribution < -0.4 is 0 Å². The predicted molar refractivity (Wildman–Crippen MR) is 78.7 cm³/mol. The summed E-state index contributed by atoms with van der Waals surface area (Å²) in [5.41, 5.74) is 3.24. The Morgan fingerprint density at radius 1 is 1.45 bits per heavy atom. The van der Waals surface area contributed by atoms with Crippen LogP contribution in [0.1, 0.15) is 21.7 Å². The fraction of sp³-hybridized carbons (Fsp3) is 0.250. The number of rotatable bonds is 5. The molecule has 0 atom stereocenters. The molecule has 0 amide bonds. The van der Waals surface area contributed by atoms with Crippen LogP contribution in [-0.4, -0.2) is 34.0 Å². The highest BCUT2D eigenvalue weighted by atomic mass is 16.4. The van der Waals surface area contributed by atoms with Gasteiger partial charge in [0.1, 0.15) is 5.69 Å². The molecule has 1 aromatic rings. The lowest BCUT2D eigenvalue weighted by Crippen LogP contribution is -2.32. The first-order valence-electron chi connectivity index (χ1n) is 6.52. The predicted octanol–water partition coefficient (Wildman–Crippen LogP) is 2.44. The quantitative estimate of drug-likeness (QED) is 0.835. The fourth-order valence-electron chi connectivity index (χ4n) is 2.32. The molecule has 1 aromatic heterocycles. The highest BCUT2D eigenvalue weighted by molar-refractivity contribution is 5.85. The third-order valence-electron chi connectivity index (χ3n) is 3.35. The number of fused-ring (bicyclic) bond motifs is 1. The van der Waals surface area contributed by atoms with Crippen molar-refractivity contribution in [2.45, 2.75) is 13.0 Å². The SMILES string of the molecule is C=C/C=C(\C=C)CN1CCc2nc(C(=O)O)ccc2C1. The van der Waals surface area contributed by atoms with Crippen molar-refractivity contribution in [1.29, 1.82) is 0 Å². The van der Waals surface area contributed by atoms with E-state index >= 15 is 0 Å². The Kier molecular flexibility index (Phi) is 4.48. The molecule has 0 bridgehead atoms. The highest BCUT2D eigenvalue weighted by Gasteiger charge is 2.19. The third-order valence-corrected chi connectivity index (χ3v) is 3.35. The number of aromatic nitrogens is 1. The number of pyridine rings is 1. The van der Waals surface area contributed by atoms with Gasteiger partial charge in [-0.1, -0.05) is 37.5 Å². The van der Waals surface area contributed by atoms with Crippen LogP contribution >= 0.6 is 0 Å². The van der Waals surface area contributed by atoms with Crippen molar-refractivity contribution < 1.29 is 9.90 Å². The van der Waals surface area contributed by atoms with E-state index in [2.05, 4.69) is 23.0 Å². The Hall–Kier alpha value is -2.20. The van der Waals surface area contributed by atoms with E-state index in [-0.39, 0.29) is 5.69 Å². The van der Waals surface area contributed by atoms with Gasteiger partial charge in [-0.2, -0.15) is 0 Å². The van der Waals surface area contributed by atoms with Gasteiger partial charge in [0, 0.05) is 31.7 Å². The summed E-state index contributed by atoms with van der Waals surface area (Å²) in [4.78, 5) is 17.4. The number of carbonyl (C=O) groups is 1. The summed E-state index contributed by atoms with van der Waals surface area (Å²) in [6, 6.07) is 3.43. The van der Waals surface area contributed by atoms with E-state index in [1.807, 2.05) is 18.2 Å². The molecule has 104 valence electrons. The van der Waals surface area contributed by atoms with Gasteiger partial charge in [0.15, 0.2) is 0 Å². The van der Waals surface area contributed by atoms with Crippen LogP contribution in [0.4, 0.5) is 0 Å². The molecule has 0 unspecified atom stereocenters. The second-order valence-electron chi connectivity index (χ2n) is 4.75. The minimum absolute atomic E-state index is 0.121. The molecule has 0 fully saturated rings. The molecule has 0 saturated heterocycles. The van der Waals surface area contributed by atoms with Crippen molar-refractivity contribution in [3.8, 4) is 0 Å². The van der Waals surface area contributed by atoms with Crippen LogP contribution in [0.3, 0.4) is 0 Å². The molecule has 0 spiro atoms. The van der Waals surface area contributed by atoms with E-state index in [0.29, 0.717) is 0 Å². The average Bonchev–Trinajstić information content (AvgIpc) is 2.46. The van der Waals surface area contributed by atoms with Crippen molar-refractivity contribution >= 4 is 5.97 Å². The Morgan fingerprint density at radius 2 is 2.25 bits per heavy atom. The smallest absolute Gasteiger partial charge is 0.354 e. The lowest BCUT2D eigenvalue weighted by Gasteiger charge is -2.28. The molecule has 0 radical (unpaired) electrons. The first-order chi connectivity index (χ1) is 9.63. The maximum atomic E-state index is 10.9. The number of hydrogen-bond acceptors (Lipinski definition) is 3. The summed E-state index contributed by atoms with van der Waals surface area (Å²) < 4.78 is 0. The molecule has 1 N–H and O–H groups in total. The van der Waals surface area contributed by atoms with E-state index in [1.54, 1.807) is 12.1 Å². The molecule has 20 heavy (non-hydrogen) atoms. The van der Waals surface area contributed by atoms with E-state index < -0.39 is 5.97 Å². The topological polar surface area (TPSA) is 53.4 Å². The molecule has 4 heteroatoms. The van der Waals surface area contributed by atoms with Crippen LogP contribution in [-0.2, 0) is 13.0 Å². The van der Waals surface area contributed by atoms with E-state index in [1.165, 1.54) is 0 Å². The Balaban J connectivity index is 2.11. The monoisotopic (exact) mass is 270 g/mol. The van der Waals surface area contributed by atoms with Crippen LogP contribution in [0.15, 0.2) is 49.1 Å². The number of carboxylic acids is 1. The largest absolute Gasteiger partial charge is 0.477 e. The van der Waals surface area contributed by atoms with Crippen LogP contribution in [0.25, 0.3) is 0 Å². The van der Waals surface area contributed by atoms with Crippen LogP contribution in [0.2, 0.25) is 0 Å². The Labute approximate surface area is 118 Å². The lowest BCUT2D eigenvalue weighted by molar-refractivity contribution is 0.0690. The summed E-state index contributed by atoms with van der Waals surface area (Å²) in [6.07, 6.45) is 6.32. The number of allylic oxidation sites excluding steroid dienone is 2. The molecule has 1 aliphatic rings. The van der Waals surface area contributed by atoms with Gasteiger partial charge in [-0.15, -0.1) is 0 Å².